The number of nitrogens with zero attached hydrogens (tertiary/aromatic N) is 2. The molecule has 2 aromatic rings. The van der Waals surface area contributed by atoms with Gasteiger partial charge in [-0.3, -0.25) is 0 Å². The molecule has 1 aromatic heterocycles. The van der Waals surface area contributed by atoms with Crippen molar-refractivity contribution < 1.29 is 9.90 Å². The first-order valence-corrected chi connectivity index (χ1v) is 5.79. The molecule has 1 N–H and O–H groups in total. The van der Waals surface area contributed by atoms with Crippen molar-refractivity contribution in [3.05, 3.63) is 46.3 Å². The van der Waals surface area contributed by atoms with Crippen LogP contribution in [0.3, 0.4) is 0 Å². The minimum Gasteiger partial charge on any atom is -0.478 e. The van der Waals surface area contributed by atoms with Gasteiger partial charge in [0.2, 0.25) is 0 Å². The molecule has 0 unspecified atom stereocenters. The maximum atomic E-state index is 11.2. The van der Waals surface area contributed by atoms with Crippen molar-refractivity contribution in [2.24, 2.45) is 0 Å². The van der Waals surface area contributed by atoms with Gasteiger partial charge in [0, 0.05) is 0 Å². The molecular weight excluding hydrogens is 228 g/mol. The van der Waals surface area contributed by atoms with E-state index in [2.05, 4.69) is 5.10 Å². The third-order valence-electron chi connectivity index (χ3n) is 3.31. The zero-order valence-electron chi connectivity index (χ0n) is 11.0. The second-order valence-electron chi connectivity index (χ2n) is 4.48. The Morgan fingerprint density at radius 3 is 2.44 bits per heavy atom. The summed E-state index contributed by atoms with van der Waals surface area (Å²) in [5.74, 6) is -0.929. The van der Waals surface area contributed by atoms with E-state index in [0.29, 0.717) is 11.4 Å². The number of aromatic carboxylic acids is 1. The molecule has 94 valence electrons. The molecular formula is C14H16N2O2. The number of hydrogen-bond donors (Lipinski definition) is 1. The summed E-state index contributed by atoms with van der Waals surface area (Å²) in [5, 5.41) is 13.5. The van der Waals surface area contributed by atoms with Gasteiger partial charge in [0.05, 0.1) is 17.1 Å². The Labute approximate surface area is 106 Å². The van der Waals surface area contributed by atoms with E-state index in [9.17, 15) is 9.90 Å². The third-order valence-corrected chi connectivity index (χ3v) is 3.31. The fourth-order valence-corrected chi connectivity index (χ4v) is 2.15. The smallest absolute Gasteiger partial charge is 0.339 e. The first-order valence-electron chi connectivity index (χ1n) is 5.79. The molecule has 0 spiro atoms. The summed E-state index contributed by atoms with van der Waals surface area (Å²) in [4.78, 5) is 11.2. The van der Waals surface area contributed by atoms with E-state index in [4.69, 9.17) is 0 Å². The second kappa shape index (κ2) is 4.29. The third kappa shape index (κ3) is 1.79. The highest BCUT2D eigenvalue weighted by Crippen LogP contribution is 2.22. The molecule has 0 radical (unpaired) electrons. The van der Waals surface area contributed by atoms with E-state index in [1.165, 1.54) is 0 Å². The van der Waals surface area contributed by atoms with Crippen LogP contribution in [0.15, 0.2) is 18.2 Å². The molecule has 1 aromatic carbocycles. The Kier molecular flexibility index (Phi) is 2.95. The maximum absolute atomic E-state index is 11.2. The van der Waals surface area contributed by atoms with Gasteiger partial charge in [-0.25, -0.2) is 9.48 Å². The van der Waals surface area contributed by atoms with Crippen LogP contribution in [0.4, 0.5) is 0 Å². The minimum absolute atomic E-state index is 0.288. The molecule has 4 heteroatoms. The normalized spacial score (nSPS) is 10.7. The molecule has 0 saturated heterocycles. The predicted octanol–water partition coefficient (Wildman–Crippen LogP) is 2.80. The highest BCUT2D eigenvalue weighted by molar-refractivity contribution is 5.90. The molecule has 2 rings (SSSR count). The fourth-order valence-electron chi connectivity index (χ4n) is 2.15. The van der Waals surface area contributed by atoms with Gasteiger partial charge in [-0.1, -0.05) is 12.1 Å². The summed E-state index contributed by atoms with van der Waals surface area (Å²) in [5.41, 5.74) is 4.70. The lowest BCUT2D eigenvalue weighted by Crippen LogP contribution is -2.04. The largest absolute Gasteiger partial charge is 0.478 e. The Hall–Kier alpha value is -2.10. The van der Waals surface area contributed by atoms with Crippen molar-refractivity contribution >= 4 is 5.97 Å². The quantitative estimate of drug-likeness (QED) is 0.883. The van der Waals surface area contributed by atoms with Crippen molar-refractivity contribution in [1.29, 1.82) is 0 Å². The van der Waals surface area contributed by atoms with Crippen LogP contribution in [0.2, 0.25) is 0 Å². The molecule has 0 bridgehead atoms. The number of hydrogen-bond acceptors (Lipinski definition) is 2. The van der Waals surface area contributed by atoms with Crippen LogP contribution in [-0.2, 0) is 0 Å². The Balaban J connectivity index is 2.69. The summed E-state index contributed by atoms with van der Waals surface area (Å²) in [7, 11) is 0. The number of carbonyl (C=O) groups is 1. The minimum atomic E-state index is -0.929. The van der Waals surface area contributed by atoms with Crippen LogP contribution in [0, 0.1) is 27.7 Å². The van der Waals surface area contributed by atoms with Crippen molar-refractivity contribution in [2.45, 2.75) is 27.7 Å². The lowest BCUT2D eigenvalue weighted by Gasteiger charge is -2.10. The number of aromatic nitrogens is 2. The first-order chi connectivity index (χ1) is 8.43. The van der Waals surface area contributed by atoms with Crippen LogP contribution in [-0.4, -0.2) is 20.9 Å². The van der Waals surface area contributed by atoms with Crippen molar-refractivity contribution in [3.63, 3.8) is 0 Å². The van der Waals surface area contributed by atoms with E-state index < -0.39 is 5.97 Å². The van der Waals surface area contributed by atoms with Gasteiger partial charge >= 0.3 is 5.97 Å². The average Bonchev–Trinajstić information content (AvgIpc) is 2.58. The first kappa shape index (κ1) is 12.4. The number of carboxylic acids is 1. The Morgan fingerprint density at radius 2 is 1.89 bits per heavy atom. The van der Waals surface area contributed by atoms with Crippen molar-refractivity contribution in [2.75, 3.05) is 0 Å². The number of rotatable bonds is 2. The van der Waals surface area contributed by atoms with Crippen LogP contribution in [0.1, 0.15) is 32.9 Å². The Bertz CT molecular complexity index is 627. The zero-order chi connectivity index (χ0) is 13.4. The molecule has 0 fully saturated rings. The van der Waals surface area contributed by atoms with E-state index in [1.807, 2.05) is 32.0 Å². The molecule has 0 amide bonds. The fraction of sp³-hybridized carbons (Fsp3) is 0.286. The van der Waals surface area contributed by atoms with Crippen molar-refractivity contribution in [1.82, 2.24) is 9.78 Å². The van der Waals surface area contributed by atoms with E-state index in [-0.39, 0.29) is 5.56 Å². The van der Waals surface area contributed by atoms with Gasteiger partial charge in [0.25, 0.3) is 0 Å². The molecule has 0 atom stereocenters. The topological polar surface area (TPSA) is 55.1 Å². The lowest BCUT2D eigenvalue weighted by molar-refractivity contribution is 0.0695. The highest BCUT2D eigenvalue weighted by Gasteiger charge is 2.19. The van der Waals surface area contributed by atoms with E-state index >= 15 is 0 Å². The summed E-state index contributed by atoms with van der Waals surface area (Å²) >= 11 is 0. The Morgan fingerprint density at radius 1 is 1.22 bits per heavy atom. The standard InChI is InChI=1S/C14H16N2O2/c1-8-6-5-7-12(9(8)2)16-11(4)13(14(17)18)10(3)15-16/h5-7H,1-4H3,(H,17,18). The molecule has 18 heavy (non-hydrogen) atoms. The van der Waals surface area contributed by atoms with Crippen LogP contribution in [0.5, 0.6) is 0 Å². The summed E-state index contributed by atoms with van der Waals surface area (Å²) in [6, 6.07) is 5.94. The zero-order valence-corrected chi connectivity index (χ0v) is 11.0. The van der Waals surface area contributed by atoms with Crippen molar-refractivity contribution in [3.8, 4) is 5.69 Å². The van der Waals surface area contributed by atoms with Gasteiger partial charge in [-0.05, 0) is 44.9 Å². The number of carboxylic acid groups (broad SMARTS) is 1. The molecule has 0 aliphatic heterocycles. The number of benzene rings is 1. The predicted molar refractivity (Wildman–Crippen MR) is 69.5 cm³/mol. The lowest BCUT2D eigenvalue weighted by atomic mass is 10.1. The SMILES string of the molecule is Cc1cccc(-n2nc(C)c(C(=O)O)c2C)c1C. The molecule has 4 nitrogen and oxygen atoms in total. The molecule has 0 aliphatic rings. The molecule has 0 aliphatic carbocycles. The van der Waals surface area contributed by atoms with E-state index in [1.54, 1.807) is 18.5 Å². The van der Waals surface area contributed by atoms with E-state index in [0.717, 1.165) is 16.8 Å². The van der Waals surface area contributed by atoms with Gasteiger partial charge in [0.15, 0.2) is 0 Å². The molecule has 1 heterocycles. The summed E-state index contributed by atoms with van der Waals surface area (Å²) < 4.78 is 1.71. The van der Waals surface area contributed by atoms with Crippen LogP contribution < -0.4 is 0 Å². The second-order valence-corrected chi connectivity index (χ2v) is 4.48. The maximum Gasteiger partial charge on any atom is 0.339 e. The van der Waals surface area contributed by atoms with Crippen LogP contribution >= 0.6 is 0 Å². The average molecular weight is 244 g/mol. The summed E-state index contributed by atoms with van der Waals surface area (Å²) in [6.07, 6.45) is 0. The van der Waals surface area contributed by atoms with Gasteiger partial charge in [0.1, 0.15) is 5.56 Å². The number of aryl methyl sites for hydroxylation is 2. The highest BCUT2D eigenvalue weighted by atomic mass is 16.4. The monoisotopic (exact) mass is 244 g/mol. The van der Waals surface area contributed by atoms with Gasteiger partial charge in [-0.15, -0.1) is 0 Å². The molecule has 0 saturated carbocycles. The van der Waals surface area contributed by atoms with Gasteiger partial charge in [-0.2, -0.15) is 5.10 Å². The van der Waals surface area contributed by atoms with Crippen LogP contribution in [0.25, 0.3) is 5.69 Å². The summed E-state index contributed by atoms with van der Waals surface area (Å²) in [6.45, 7) is 7.55. The van der Waals surface area contributed by atoms with Gasteiger partial charge < -0.3 is 5.11 Å².